The number of ether oxygens (including phenoxy) is 2. The Morgan fingerprint density at radius 1 is 1.09 bits per heavy atom. The van der Waals surface area contributed by atoms with Gasteiger partial charge in [0.15, 0.2) is 10.4 Å². The third-order valence-corrected chi connectivity index (χ3v) is 5.13. The Labute approximate surface area is 193 Å². The van der Waals surface area contributed by atoms with Crippen LogP contribution in [0.2, 0.25) is 0 Å². The highest BCUT2D eigenvalue weighted by Gasteiger charge is 2.36. The van der Waals surface area contributed by atoms with Crippen LogP contribution in [0.3, 0.4) is 0 Å². The number of hydrogen-bond acceptors (Lipinski definition) is 5. The van der Waals surface area contributed by atoms with Crippen LogP contribution in [-0.2, 0) is 6.18 Å². The molecule has 2 aromatic heterocycles. The monoisotopic (exact) mass is 495 g/mol. The normalized spacial score (nSPS) is 11.7. The molecule has 0 bridgehead atoms. The molecule has 0 spiro atoms. The molecule has 2 aromatic carbocycles. The first kappa shape index (κ1) is 23.4. The van der Waals surface area contributed by atoms with Crippen molar-refractivity contribution in [2.75, 3.05) is 7.11 Å². The van der Waals surface area contributed by atoms with Crippen molar-refractivity contribution in [2.24, 2.45) is 0 Å². The van der Waals surface area contributed by atoms with Crippen LogP contribution >= 0.6 is 12.2 Å². The minimum atomic E-state index is -4.94. The highest BCUT2D eigenvalue weighted by molar-refractivity contribution is 7.71. The lowest BCUT2D eigenvalue weighted by molar-refractivity contribution is -0.136. The van der Waals surface area contributed by atoms with Crippen molar-refractivity contribution in [3.8, 4) is 28.4 Å². The lowest BCUT2D eigenvalue weighted by atomic mass is 10.1. The lowest BCUT2D eigenvalue weighted by Crippen LogP contribution is -2.20. The van der Waals surface area contributed by atoms with Crippen molar-refractivity contribution in [3.05, 3.63) is 75.3 Å². The van der Waals surface area contributed by atoms with Crippen LogP contribution in [0.4, 0.5) is 22.0 Å². The number of H-pyrrole nitrogens is 1. The third-order valence-electron chi connectivity index (χ3n) is 4.85. The van der Waals surface area contributed by atoms with E-state index in [2.05, 4.69) is 14.7 Å². The quantitative estimate of drug-likeness (QED) is 0.283. The van der Waals surface area contributed by atoms with Gasteiger partial charge in [-0.1, -0.05) is 24.3 Å². The average Bonchev–Trinajstić information content (AvgIpc) is 2.77. The van der Waals surface area contributed by atoms with Gasteiger partial charge in [-0.3, -0.25) is 14.3 Å². The van der Waals surface area contributed by atoms with E-state index < -0.39 is 29.3 Å². The molecule has 0 aliphatic rings. The van der Waals surface area contributed by atoms with E-state index in [9.17, 15) is 26.7 Å². The summed E-state index contributed by atoms with van der Waals surface area (Å²) in [6.07, 6.45) is -4.94. The van der Waals surface area contributed by atoms with Crippen LogP contribution < -0.4 is 15.0 Å². The first-order valence-corrected chi connectivity index (χ1v) is 9.97. The Balaban J connectivity index is 2.12. The molecule has 0 atom stereocenters. The minimum absolute atomic E-state index is 0.0586. The number of hydrogen-bond donors (Lipinski definition) is 1. The zero-order chi connectivity index (χ0) is 24.6. The fourth-order valence-electron chi connectivity index (χ4n) is 3.47. The highest BCUT2D eigenvalue weighted by atomic mass is 32.1. The van der Waals surface area contributed by atoms with Gasteiger partial charge in [0.1, 0.15) is 11.5 Å². The number of nitrogens with zero attached hydrogens (tertiary/aromatic N) is 2. The molecule has 4 aromatic rings. The van der Waals surface area contributed by atoms with Crippen molar-refractivity contribution in [1.29, 1.82) is 0 Å². The van der Waals surface area contributed by atoms with Gasteiger partial charge in [-0.2, -0.15) is 22.0 Å². The van der Waals surface area contributed by atoms with Crippen molar-refractivity contribution >= 4 is 23.3 Å². The van der Waals surface area contributed by atoms with Crippen LogP contribution in [0.5, 0.6) is 11.5 Å². The number of nitrogens with one attached hydrogen (secondary N) is 1. The van der Waals surface area contributed by atoms with Crippen molar-refractivity contribution < 1.29 is 31.4 Å². The maximum atomic E-state index is 14.1. The van der Waals surface area contributed by atoms with Crippen molar-refractivity contribution in [1.82, 2.24) is 14.5 Å². The van der Waals surface area contributed by atoms with E-state index in [0.717, 1.165) is 10.6 Å². The molecule has 0 unspecified atom stereocenters. The minimum Gasteiger partial charge on any atom is -0.495 e. The largest absolute Gasteiger partial charge is 0.495 e. The van der Waals surface area contributed by atoms with Crippen LogP contribution in [0, 0.1) is 4.77 Å². The van der Waals surface area contributed by atoms with Crippen molar-refractivity contribution in [3.63, 3.8) is 0 Å². The Morgan fingerprint density at radius 2 is 1.82 bits per heavy atom. The van der Waals surface area contributed by atoms with E-state index >= 15 is 0 Å². The predicted octanol–water partition coefficient (Wildman–Crippen LogP) is 5.74. The molecule has 2 heterocycles. The molecule has 34 heavy (non-hydrogen) atoms. The summed E-state index contributed by atoms with van der Waals surface area (Å²) in [5.74, 6) is -0.00419. The van der Waals surface area contributed by atoms with Gasteiger partial charge in [0.2, 0.25) is 0 Å². The first-order chi connectivity index (χ1) is 16.1. The summed E-state index contributed by atoms with van der Waals surface area (Å²) in [6.45, 7) is -3.13. The second-order valence-electron chi connectivity index (χ2n) is 6.92. The molecule has 0 saturated carbocycles. The number of aromatic amines is 1. The molecule has 0 aliphatic heterocycles. The van der Waals surface area contributed by atoms with E-state index in [1.807, 2.05) is 0 Å². The summed E-state index contributed by atoms with van der Waals surface area (Å²) in [5.41, 5.74) is -2.67. The molecule has 0 radical (unpaired) electrons. The third kappa shape index (κ3) is 4.36. The van der Waals surface area contributed by atoms with Gasteiger partial charge in [0.05, 0.1) is 29.4 Å². The molecule has 0 fully saturated rings. The Kier molecular flexibility index (Phi) is 6.09. The maximum Gasteiger partial charge on any atom is 0.417 e. The predicted molar refractivity (Wildman–Crippen MR) is 116 cm³/mol. The van der Waals surface area contributed by atoms with Crippen LogP contribution in [0.15, 0.2) is 59.4 Å². The number of aromatic nitrogens is 3. The van der Waals surface area contributed by atoms with E-state index in [1.165, 1.54) is 31.4 Å². The zero-order valence-corrected chi connectivity index (χ0v) is 18.0. The summed E-state index contributed by atoms with van der Waals surface area (Å²) in [5, 5.41) is -0.740. The Morgan fingerprint density at radius 3 is 2.50 bits per heavy atom. The summed E-state index contributed by atoms with van der Waals surface area (Å²) in [7, 11) is 1.37. The molecular weight excluding hydrogens is 481 g/mol. The van der Waals surface area contributed by atoms with Gasteiger partial charge in [-0.15, -0.1) is 0 Å². The lowest BCUT2D eigenvalue weighted by Gasteiger charge is -2.17. The van der Waals surface area contributed by atoms with Crippen LogP contribution in [0.25, 0.3) is 28.0 Å². The molecule has 6 nitrogen and oxygen atoms in total. The number of methoxy groups -OCH3 is 1. The summed E-state index contributed by atoms with van der Waals surface area (Å²) < 4.78 is 78.0. The summed E-state index contributed by atoms with van der Waals surface area (Å²) in [6, 6.07) is 12.1. The van der Waals surface area contributed by atoms with Gasteiger partial charge >= 0.3 is 12.8 Å². The molecule has 0 aliphatic carbocycles. The summed E-state index contributed by atoms with van der Waals surface area (Å²) >= 11 is 5.25. The number of alkyl halides is 5. The maximum absolute atomic E-state index is 14.1. The first-order valence-electron chi connectivity index (χ1n) is 9.56. The number of pyridine rings is 1. The SMILES string of the molecule is COc1ccccc1-n1c(=S)[nH]c(=O)c2c(C(F)(F)F)cc(-c3cccc(OC(F)F)c3)nc21. The highest BCUT2D eigenvalue weighted by Crippen LogP contribution is 2.37. The molecule has 1 N–H and O–H groups in total. The van der Waals surface area contributed by atoms with Gasteiger partial charge in [-0.25, -0.2) is 4.98 Å². The molecular formula is C22H14F5N3O3S. The van der Waals surface area contributed by atoms with Crippen LogP contribution in [0.1, 0.15) is 5.56 Å². The smallest absolute Gasteiger partial charge is 0.417 e. The topological polar surface area (TPSA) is 69.1 Å². The van der Waals surface area contributed by atoms with Crippen molar-refractivity contribution in [2.45, 2.75) is 12.8 Å². The van der Waals surface area contributed by atoms with Gasteiger partial charge in [-0.05, 0) is 42.5 Å². The zero-order valence-electron chi connectivity index (χ0n) is 17.2. The number of para-hydroxylation sites is 2. The fraction of sp³-hybridized carbons (Fsp3) is 0.136. The number of fused-ring (bicyclic) bond motifs is 1. The van der Waals surface area contributed by atoms with E-state index in [-0.39, 0.29) is 38.9 Å². The Hall–Kier alpha value is -3.80. The fourth-order valence-corrected chi connectivity index (χ4v) is 3.75. The molecule has 12 heteroatoms. The number of benzene rings is 2. The van der Waals surface area contributed by atoms with Crippen LogP contribution in [-0.4, -0.2) is 28.3 Å². The summed E-state index contributed by atoms with van der Waals surface area (Å²) in [4.78, 5) is 19.2. The second-order valence-corrected chi connectivity index (χ2v) is 7.31. The Bertz CT molecular complexity index is 1500. The van der Waals surface area contributed by atoms with E-state index in [1.54, 1.807) is 18.2 Å². The second kappa shape index (κ2) is 8.86. The molecule has 0 saturated heterocycles. The van der Waals surface area contributed by atoms with E-state index in [0.29, 0.717) is 6.07 Å². The van der Waals surface area contributed by atoms with Gasteiger partial charge in [0.25, 0.3) is 5.56 Å². The molecule has 176 valence electrons. The number of rotatable bonds is 5. The molecule has 4 rings (SSSR count). The van der Waals surface area contributed by atoms with Gasteiger partial charge in [0, 0.05) is 5.56 Å². The molecule has 0 amide bonds. The van der Waals surface area contributed by atoms with Gasteiger partial charge < -0.3 is 9.47 Å². The average molecular weight is 495 g/mol. The van der Waals surface area contributed by atoms with E-state index in [4.69, 9.17) is 17.0 Å². The standard InChI is InChI=1S/C22H14F5N3O3S/c1-32-16-8-3-2-7-15(16)30-18-17(19(31)29-21(30)34)13(22(25,26)27)10-14(28-18)11-5-4-6-12(9-11)33-20(23)24/h2-10,20H,1H3,(H,29,31,34). The number of halogens is 5.